The van der Waals surface area contributed by atoms with E-state index in [0.29, 0.717) is 41.0 Å². The molecule has 2 fully saturated rings. The Labute approximate surface area is 308 Å². The maximum absolute atomic E-state index is 2.78. The molecule has 3 aliphatic carbocycles. The molecular formula is C40H49Cl3SiTi. The van der Waals surface area contributed by atoms with Crippen LogP contribution < -0.4 is 52.8 Å². The third-order valence-electron chi connectivity index (χ3n) is 10.7. The molecule has 45 heavy (non-hydrogen) atoms. The normalized spacial score (nSPS) is 23.4. The monoisotopic (exact) mass is 710 g/mol. The number of rotatable bonds is 7. The van der Waals surface area contributed by atoms with Crippen molar-refractivity contribution in [2.24, 2.45) is 23.7 Å². The zero-order chi connectivity index (χ0) is 28.7. The Morgan fingerprint density at radius 2 is 1.04 bits per heavy atom. The predicted octanol–water partition coefficient (Wildman–Crippen LogP) is -0.101. The Morgan fingerprint density at radius 1 is 0.622 bits per heavy atom. The number of benzene rings is 3. The fourth-order valence-electron chi connectivity index (χ4n) is 8.66. The first-order valence-electron chi connectivity index (χ1n) is 16.3. The van der Waals surface area contributed by atoms with Crippen molar-refractivity contribution in [2.45, 2.75) is 84.1 Å². The number of allylic oxidation sites excluding steroid dienone is 4. The quantitative estimate of drug-likeness (QED) is 0.183. The van der Waals surface area contributed by atoms with Gasteiger partial charge in [-0.2, -0.15) is 12.3 Å². The molecule has 0 aromatic heterocycles. The zero-order valence-corrected chi connectivity index (χ0v) is 32.5. The van der Waals surface area contributed by atoms with Crippen LogP contribution in [-0.2, 0) is 21.7 Å². The Morgan fingerprint density at radius 3 is 1.47 bits per heavy atom. The van der Waals surface area contributed by atoms with E-state index in [1.165, 1.54) is 36.0 Å². The van der Waals surface area contributed by atoms with E-state index >= 15 is 0 Å². The van der Waals surface area contributed by atoms with Gasteiger partial charge in [0.05, 0.1) is 0 Å². The van der Waals surface area contributed by atoms with Gasteiger partial charge in [0.1, 0.15) is 8.07 Å². The van der Waals surface area contributed by atoms with Gasteiger partial charge in [0, 0.05) is 0 Å². The molecule has 0 saturated heterocycles. The van der Waals surface area contributed by atoms with Gasteiger partial charge in [0.15, 0.2) is 0 Å². The van der Waals surface area contributed by atoms with Crippen LogP contribution in [0.4, 0.5) is 0 Å². The van der Waals surface area contributed by atoms with Crippen LogP contribution in [0.5, 0.6) is 0 Å². The van der Waals surface area contributed by atoms with Gasteiger partial charge in [0.2, 0.25) is 0 Å². The summed E-state index contributed by atoms with van der Waals surface area (Å²) in [6, 6.07) is 29.7. The number of fused-ring (bicyclic) bond motifs is 3. The van der Waals surface area contributed by atoms with Crippen LogP contribution in [-0.4, -0.2) is 8.07 Å². The Kier molecular flexibility index (Phi) is 15.0. The van der Waals surface area contributed by atoms with E-state index in [9.17, 15) is 0 Å². The minimum atomic E-state index is -2.56. The van der Waals surface area contributed by atoms with Gasteiger partial charge in [-0.25, -0.2) is 0 Å². The standard InChI is InChI=1S/C40H49Si.3ClH.Ti/c1-27(2)30-14-11-17-33(24-30)41(34-18-12-15-31(25-34)28(3)4,35-19-13-16-32(26-35)29(5)6)40-38-22-9-7-20-36(38)37-21-8-10-23-39(37)40;;;;/h7,9,11-20,22-29,36-40H,8,10,21H2,1-6H3;3*1H;/q-1;;;;+4/p-3. The molecule has 0 heterocycles. The molecule has 0 spiro atoms. The summed E-state index contributed by atoms with van der Waals surface area (Å²) in [5.74, 6) is 4.14. The summed E-state index contributed by atoms with van der Waals surface area (Å²) in [4.78, 5) is 0. The molecule has 0 aliphatic heterocycles. The Hall–Kier alpha value is -1.06. The van der Waals surface area contributed by atoms with Gasteiger partial charge in [-0.05, 0) is 61.8 Å². The summed E-state index contributed by atoms with van der Waals surface area (Å²) in [6.45, 7) is 14.1. The van der Waals surface area contributed by atoms with Gasteiger partial charge < -0.3 is 43.6 Å². The zero-order valence-electron chi connectivity index (χ0n) is 27.7. The van der Waals surface area contributed by atoms with E-state index in [1.807, 2.05) is 0 Å². The molecule has 0 radical (unpaired) electrons. The van der Waals surface area contributed by atoms with Crippen LogP contribution in [0.15, 0.2) is 97.1 Å². The maximum atomic E-state index is 2.78. The number of hydrogen-bond acceptors (Lipinski definition) is 0. The molecule has 5 atom stereocenters. The van der Waals surface area contributed by atoms with Crippen molar-refractivity contribution in [3.63, 3.8) is 0 Å². The van der Waals surface area contributed by atoms with E-state index in [0.717, 1.165) is 5.92 Å². The first-order chi connectivity index (χ1) is 19.8. The topological polar surface area (TPSA) is 0 Å². The molecule has 0 amide bonds. The van der Waals surface area contributed by atoms with Gasteiger partial charge in [-0.15, -0.1) is 0 Å². The SMILES string of the molecule is CC(C)c1cccc([Si](c2cccc(C(C)C)c2)(c2cccc(C(C)C)c2)C2C3C=CC=CC3C3CCC[CH-]C32)c1.[Cl-].[Cl-].[Cl-].[Ti+4]. The van der Waals surface area contributed by atoms with Crippen molar-refractivity contribution in [1.82, 2.24) is 0 Å². The van der Waals surface area contributed by atoms with Gasteiger partial charge in [-0.3, -0.25) is 0 Å². The van der Waals surface area contributed by atoms with Crippen molar-refractivity contribution in [2.75, 3.05) is 0 Å². The molecule has 2 saturated carbocycles. The second-order valence-electron chi connectivity index (χ2n) is 14.0. The van der Waals surface area contributed by atoms with Crippen molar-refractivity contribution < 1.29 is 58.9 Å². The largest absolute Gasteiger partial charge is 4.00 e. The average Bonchev–Trinajstić information content (AvgIpc) is 3.33. The second kappa shape index (κ2) is 16.9. The number of hydrogen-bond donors (Lipinski definition) is 0. The fraction of sp³-hybridized carbons (Fsp3) is 0.425. The molecule has 3 aliphatic rings. The summed E-state index contributed by atoms with van der Waals surface area (Å²) >= 11 is 0. The van der Waals surface area contributed by atoms with Crippen LogP contribution in [0.1, 0.15) is 95.2 Å². The average molecular weight is 712 g/mol. The van der Waals surface area contributed by atoms with Crippen molar-refractivity contribution >= 4 is 23.6 Å². The molecule has 238 valence electrons. The molecular weight excluding hydrogens is 663 g/mol. The van der Waals surface area contributed by atoms with Gasteiger partial charge in [-0.1, -0.05) is 163 Å². The molecule has 6 rings (SSSR count). The van der Waals surface area contributed by atoms with E-state index in [2.05, 4.69) is 145 Å². The molecule has 0 nitrogen and oxygen atoms in total. The summed E-state index contributed by atoms with van der Waals surface area (Å²) in [5.41, 5.74) is 5.00. The minimum Gasteiger partial charge on any atom is -1.00 e. The first-order valence-corrected chi connectivity index (χ1v) is 18.4. The summed E-state index contributed by atoms with van der Waals surface area (Å²) in [6.07, 6.45) is 16.7. The third-order valence-corrected chi connectivity index (χ3v) is 16.2. The molecule has 3 aromatic carbocycles. The van der Waals surface area contributed by atoms with Crippen LogP contribution in [0, 0.1) is 30.1 Å². The smallest absolute Gasteiger partial charge is 1.00 e. The van der Waals surface area contributed by atoms with Crippen LogP contribution in [0.2, 0.25) is 5.54 Å². The predicted molar refractivity (Wildman–Crippen MR) is 180 cm³/mol. The Balaban J connectivity index is 0.00000176. The van der Waals surface area contributed by atoms with Crippen molar-refractivity contribution in [3.05, 3.63) is 120 Å². The fourth-order valence-corrected chi connectivity index (χ4v) is 14.9. The molecule has 5 heteroatoms. The van der Waals surface area contributed by atoms with Crippen LogP contribution in [0.25, 0.3) is 0 Å². The molecule has 0 bridgehead atoms. The maximum Gasteiger partial charge on any atom is 4.00 e. The van der Waals surface area contributed by atoms with Gasteiger partial charge in [0.25, 0.3) is 0 Å². The van der Waals surface area contributed by atoms with Crippen LogP contribution >= 0.6 is 0 Å². The summed E-state index contributed by atoms with van der Waals surface area (Å²) in [5, 5.41) is 4.82. The van der Waals surface area contributed by atoms with E-state index in [1.54, 1.807) is 15.6 Å². The number of halogens is 3. The van der Waals surface area contributed by atoms with Crippen molar-refractivity contribution in [1.29, 1.82) is 0 Å². The summed E-state index contributed by atoms with van der Waals surface area (Å²) in [7, 11) is -2.56. The molecule has 5 unspecified atom stereocenters. The third kappa shape index (κ3) is 7.35. The van der Waals surface area contributed by atoms with Crippen molar-refractivity contribution in [3.8, 4) is 0 Å². The molecule has 0 N–H and O–H groups in total. The molecule has 3 aromatic rings. The van der Waals surface area contributed by atoms with Gasteiger partial charge >= 0.3 is 21.7 Å². The van der Waals surface area contributed by atoms with Crippen LogP contribution in [0.3, 0.4) is 0 Å². The first kappa shape index (κ1) is 40.1. The summed E-state index contributed by atoms with van der Waals surface area (Å²) < 4.78 is 0. The van der Waals surface area contributed by atoms with E-state index in [-0.39, 0.29) is 58.9 Å². The van der Waals surface area contributed by atoms with E-state index < -0.39 is 8.07 Å². The Bertz CT molecular complexity index is 1320. The minimum absolute atomic E-state index is 0. The van der Waals surface area contributed by atoms with E-state index in [4.69, 9.17) is 0 Å². The second-order valence-corrected chi connectivity index (χ2v) is 18.0.